The summed E-state index contributed by atoms with van der Waals surface area (Å²) in [6.07, 6.45) is 3.30. The van der Waals surface area contributed by atoms with E-state index in [2.05, 4.69) is 20.6 Å². The van der Waals surface area contributed by atoms with Crippen LogP contribution in [0.25, 0.3) is 0 Å². The van der Waals surface area contributed by atoms with Gasteiger partial charge in [-0.2, -0.15) is 0 Å². The first-order chi connectivity index (χ1) is 10.7. The van der Waals surface area contributed by atoms with Crippen LogP contribution in [0.3, 0.4) is 0 Å². The van der Waals surface area contributed by atoms with E-state index in [-0.39, 0.29) is 5.82 Å². The summed E-state index contributed by atoms with van der Waals surface area (Å²) >= 11 is 0. The molecular weight excluding hydrogens is 285 g/mol. The molecule has 0 saturated carbocycles. The average molecular weight is 299 g/mol. The second-order valence-electron chi connectivity index (χ2n) is 4.64. The van der Waals surface area contributed by atoms with Gasteiger partial charge in [-0.1, -0.05) is 5.21 Å². The predicted octanol–water partition coefficient (Wildman–Crippen LogP) is 2.75. The van der Waals surface area contributed by atoms with Crippen molar-refractivity contribution in [2.24, 2.45) is 7.05 Å². The summed E-state index contributed by atoms with van der Waals surface area (Å²) in [4.78, 5) is 4.26. The van der Waals surface area contributed by atoms with Crippen molar-refractivity contribution in [3.63, 3.8) is 0 Å². The predicted molar refractivity (Wildman–Crippen MR) is 79.0 cm³/mol. The van der Waals surface area contributed by atoms with Gasteiger partial charge in [0, 0.05) is 7.05 Å². The summed E-state index contributed by atoms with van der Waals surface area (Å²) in [7, 11) is 1.83. The van der Waals surface area contributed by atoms with Crippen molar-refractivity contribution in [3.05, 3.63) is 60.3 Å². The van der Waals surface area contributed by atoms with Gasteiger partial charge in [0.1, 0.15) is 23.1 Å². The molecule has 0 aliphatic carbocycles. The molecule has 0 atom stereocenters. The van der Waals surface area contributed by atoms with Crippen molar-refractivity contribution in [2.45, 2.75) is 6.54 Å². The third kappa shape index (κ3) is 3.38. The summed E-state index contributed by atoms with van der Waals surface area (Å²) in [5, 5.41) is 10.8. The number of nitrogens with zero attached hydrogens (tertiary/aromatic N) is 4. The Morgan fingerprint density at radius 1 is 1.09 bits per heavy atom. The van der Waals surface area contributed by atoms with Gasteiger partial charge in [0.25, 0.3) is 0 Å². The van der Waals surface area contributed by atoms with Crippen LogP contribution in [0.1, 0.15) is 5.69 Å². The Labute approximate surface area is 126 Å². The van der Waals surface area contributed by atoms with Crippen LogP contribution in [0.15, 0.2) is 48.8 Å². The lowest BCUT2D eigenvalue weighted by atomic mass is 10.3. The molecule has 0 fully saturated rings. The first-order valence-electron chi connectivity index (χ1n) is 6.67. The number of aromatic nitrogens is 4. The number of halogens is 1. The van der Waals surface area contributed by atoms with Crippen LogP contribution >= 0.6 is 0 Å². The lowest BCUT2D eigenvalue weighted by molar-refractivity contribution is 0.478. The van der Waals surface area contributed by atoms with Gasteiger partial charge in [0.05, 0.1) is 24.6 Å². The van der Waals surface area contributed by atoms with Gasteiger partial charge in [0.15, 0.2) is 0 Å². The molecule has 1 N–H and O–H groups in total. The molecule has 0 amide bonds. The second kappa shape index (κ2) is 6.21. The van der Waals surface area contributed by atoms with Crippen molar-refractivity contribution in [1.29, 1.82) is 0 Å². The third-order valence-corrected chi connectivity index (χ3v) is 3.04. The molecule has 0 spiro atoms. The van der Waals surface area contributed by atoms with E-state index in [1.165, 1.54) is 12.1 Å². The first-order valence-corrected chi connectivity index (χ1v) is 6.67. The van der Waals surface area contributed by atoms with E-state index in [4.69, 9.17) is 4.74 Å². The van der Waals surface area contributed by atoms with Gasteiger partial charge < -0.3 is 10.1 Å². The smallest absolute Gasteiger partial charge is 0.145 e. The number of hydrogen-bond donors (Lipinski definition) is 1. The Morgan fingerprint density at radius 2 is 1.86 bits per heavy atom. The Morgan fingerprint density at radius 3 is 2.50 bits per heavy atom. The summed E-state index contributed by atoms with van der Waals surface area (Å²) < 4.78 is 20.1. The molecule has 0 aliphatic rings. The SMILES string of the molecule is Cn1nncc1CNc1ccc(Oc2ccc(F)cc2)cn1. The van der Waals surface area contributed by atoms with Crippen molar-refractivity contribution < 1.29 is 9.13 Å². The number of benzene rings is 1. The standard InChI is InChI=1S/C15H14FN5O/c1-21-12(9-19-20-21)8-17-15-7-6-14(10-18-15)22-13-4-2-11(16)3-5-13/h2-7,9-10H,8H2,1H3,(H,17,18). The molecule has 1 aromatic carbocycles. The summed E-state index contributed by atoms with van der Waals surface area (Å²) in [5.41, 5.74) is 0.952. The second-order valence-corrected chi connectivity index (χ2v) is 4.64. The maximum Gasteiger partial charge on any atom is 0.145 e. The fraction of sp³-hybridized carbons (Fsp3) is 0.133. The number of anilines is 1. The molecule has 0 radical (unpaired) electrons. The fourth-order valence-electron chi connectivity index (χ4n) is 1.84. The third-order valence-electron chi connectivity index (χ3n) is 3.04. The highest BCUT2D eigenvalue weighted by Crippen LogP contribution is 2.21. The maximum atomic E-state index is 12.8. The van der Waals surface area contributed by atoms with Crippen molar-refractivity contribution >= 4 is 5.82 Å². The van der Waals surface area contributed by atoms with Gasteiger partial charge in [-0.25, -0.2) is 9.37 Å². The highest BCUT2D eigenvalue weighted by Gasteiger charge is 2.02. The number of pyridine rings is 1. The van der Waals surface area contributed by atoms with E-state index in [0.717, 1.165) is 5.69 Å². The van der Waals surface area contributed by atoms with E-state index in [0.29, 0.717) is 23.9 Å². The number of ether oxygens (including phenoxy) is 1. The fourth-order valence-corrected chi connectivity index (χ4v) is 1.84. The van der Waals surface area contributed by atoms with Crippen LogP contribution in [0, 0.1) is 5.82 Å². The number of nitrogens with one attached hydrogen (secondary N) is 1. The van der Waals surface area contributed by atoms with Crippen LogP contribution in [-0.2, 0) is 13.6 Å². The Bertz CT molecular complexity index is 739. The largest absolute Gasteiger partial charge is 0.456 e. The molecule has 3 rings (SSSR count). The molecule has 0 aliphatic heterocycles. The van der Waals surface area contributed by atoms with Gasteiger partial charge >= 0.3 is 0 Å². The molecule has 22 heavy (non-hydrogen) atoms. The molecule has 2 aromatic heterocycles. The van der Waals surface area contributed by atoms with Crippen LogP contribution < -0.4 is 10.1 Å². The quantitative estimate of drug-likeness (QED) is 0.784. The molecule has 0 bridgehead atoms. The highest BCUT2D eigenvalue weighted by molar-refractivity contribution is 5.39. The zero-order valence-electron chi connectivity index (χ0n) is 11.9. The molecule has 0 saturated heterocycles. The Hall–Kier alpha value is -2.96. The van der Waals surface area contributed by atoms with Crippen LogP contribution in [-0.4, -0.2) is 20.0 Å². The molecule has 2 heterocycles. The number of hydrogen-bond acceptors (Lipinski definition) is 5. The molecule has 112 valence electrons. The van der Waals surface area contributed by atoms with Crippen molar-refractivity contribution in [2.75, 3.05) is 5.32 Å². The van der Waals surface area contributed by atoms with E-state index >= 15 is 0 Å². The van der Waals surface area contributed by atoms with E-state index in [9.17, 15) is 4.39 Å². The van der Waals surface area contributed by atoms with Crippen LogP contribution in [0.4, 0.5) is 10.2 Å². The summed E-state index contributed by atoms with van der Waals surface area (Å²) in [6.45, 7) is 0.578. The zero-order chi connectivity index (χ0) is 15.4. The lowest BCUT2D eigenvalue weighted by Gasteiger charge is -2.08. The molecular formula is C15H14FN5O. The average Bonchev–Trinajstić information content (AvgIpc) is 2.94. The van der Waals surface area contributed by atoms with E-state index in [1.54, 1.807) is 35.3 Å². The number of aryl methyl sites for hydroxylation is 1. The minimum absolute atomic E-state index is 0.297. The molecule has 6 nitrogen and oxygen atoms in total. The highest BCUT2D eigenvalue weighted by atomic mass is 19.1. The number of rotatable bonds is 5. The van der Waals surface area contributed by atoms with E-state index in [1.807, 2.05) is 13.1 Å². The Balaban J connectivity index is 1.60. The van der Waals surface area contributed by atoms with Crippen molar-refractivity contribution in [1.82, 2.24) is 20.0 Å². The Kier molecular flexibility index (Phi) is 3.95. The lowest BCUT2D eigenvalue weighted by Crippen LogP contribution is -2.06. The molecule has 7 heteroatoms. The van der Waals surface area contributed by atoms with Gasteiger partial charge in [-0.15, -0.1) is 5.10 Å². The van der Waals surface area contributed by atoms with Gasteiger partial charge in [-0.3, -0.25) is 4.68 Å². The van der Waals surface area contributed by atoms with Crippen molar-refractivity contribution in [3.8, 4) is 11.5 Å². The first kappa shape index (κ1) is 14.0. The molecule has 3 aromatic rings. The minimum Gasteiger partial charge on any atom is -0.456 e. The monoisotopic (exact) mass is 299 g/mol. The topological polar surface area (TPSA) is 64.9 Å². The minimum atomic E-state index is -0.297. The molecule has 0 unspecified atom stereocenters. The van der Waals surface area contributed by atoms with Crippen LogP contribution in [0.5, 0.6) is 11.5 Å². The summed E-state index contributed by atoms with van der Waals surface area (Å²) in [6, 6.07) is 9.43. The van der Waals surface area contributed by atoms with Gasteiger partial charge in [0.2, 0.25) is 0 Å². The summed E-state index contributed by atoms with van der Waals surface area (Å²) in [5.74, 6) is 1.56. The van der Waals surface area contributed by atoms with Crippen LogP contribution in [0.2, 0.25) is 0 Å². The zero-order valence-corrected chi connectivity index (χ0v) is 11.9. The van der Waals surface area contributed by atoms with Gasteiger partial charge in [-0.05, 0) is 36.4 Å². The maximum absolute atomic E-state index is 12.8. The normalized spacial score (nSPS) is 10.5. The van der Waals surface area contributed by atoms with E-state index < -0.39 is 0 Å².